The summed E-state index contributed by atoms with van der Waals surface area (Å²) in [5.74, 6) is 2.87. The average Bonchev–Trinajstić information content (AvgIpc) is 3.20. The van der Waals surface area contributed by atoms with Crippen LogP contribution >= 0.6 is 0 Å². The van der Waals surface area contributed by atoms with Gasteiger partial charge < -0.3 is 19.9 Å². The van der Waals surface area contributed by atoms with Crippen molar-refractivity contribution in [2.75, 3.05) is 44.2 Å². The zero-order chi connectivity index (χ0) is 24.6. The van der Waals surface area contributed by atoms with E-state index < -0.39 is 0 Å². The molecule has 190 valence electrons. The summed E-state index contributed by atoms with van der Waals surface area (Å²) in [4.78, 5) is 22.6. The maximum absolute atomic E-state index is 13.3. The number of hydrogen-bond acceptors (Lipinski definition) is 6. The van der Waals surface area contributed by atoms with Gasteiger partial charge in [-0.25, -0.2) is 4.98 Å². The number of anilines is 1. The van der Waals surface area contributed by atoms with E-state index in [2.05, 4.69) is 52.3 Å². The van der Waals surface area contributed by atoms with Crippen molar-refractivity contribution in [2.45, 2.75) is 51.6 Å². The van der Waals surface area contributed by atoms with Crippen molar-refractivity contribution in [3.8, 4) is 5.75 Å². The van der Waals surface area contributed by atoms with Gasteiger partial charge in [-0.05, 0) is 30.5 Å². The lowest BCUT2D eigenvalue weighted by molar-refractivity contribution is -0.138. The van der Waals surface area contributed by atoms with Crippen molar-refractivity contribution in [3.63, 3.8) is 0 Å². The highest BCUT2D eigenvalue weighted by atomic mass is 16.5. The number of nitrogens with zero attached hydrogens (tertiary/aromatic N) is 5. The number of likely N-dealkylation sites (tertiary alicyclic amines) is 1. The Hall–Kier alpha value is -3.13. The molecular formula is C28H36N6O2. The van der Waals surface area contributed by atoms with Gasteiger partial charge in [-0.3, -0.25) is 4.79 Å². The standard InChI is InChI=1S/C28H36N6O2/c1-19(2)22-5-3-4-6-25(22)36-21-10-15-32(16-11-21)28(35)20-17-33(18-20)27-23-7-12-29-13-8-24(23)31-26-9-14-30-34(26)27/h3-6,9,14,19-21,29H,7-8,10-13,15-18H2,1-2H3. The Kier molecular flexibility index (Phi) is 6.29. The lowest BCUT2D eigenvalue weighted by atomic mass is 9.95. The molecule has 3 aliphatic heterocycles. The first-order chi connectivity index (χ1) is 17.6. The predicted molar refractivity (Wildman–Crippen MR) is 140 cm³/mol. The number of hydrogen-bond donors (Lipinski definition) is 1. The minimum absolute atomic E-state index is 0.0439. The lowest BCUT2D eigenvalue weighted by Gasteiger charge is -2.44. The number of fused-ring (bicyclic) bond motifs is 2. The van der Waals surface area contributed by atoms with Gasteiger partial charge in [0.1, 0.15) is 17.7 Å². The van der Waals surface area contributed by atoms with Crippen LogP contribution in [0, 0.1) is 5.92 Å². The molecule has 0 spiro atoms. The third-order valence-electron chi connectivity index (χ3n) is 7.90. The topological polar surface area (TPSA) is 75.0 Å². The number of rotatable bonds is 5. The number of piperidine rings is 1. The molecule has 8 heteroatoms. The molecule has 2 aromatic heterocycles. The van der Waals surface area contributed by atoms with Crippen molar-refractivity contribution >= 4 is 17.4 Å². The average molecular weight is 489 g/mol. The maximum atomic E-state index is 13.3. The number of carbonyl (C=O) groups excluding carboxylic acids is 1. The van der Waals surface area contributed by atoms with E-state index in [1.54, 1.807) is 0 Å². The molecule has 3 aromatic rings. The molecule has 0 atom stereocenters. The van der Waals surface area contributed by atoms with Gasteiger partial charge in [0.2, 0.25) is 5.91 Å². The summed E-state index contributed by atoms with van der Waals surface area (Å²) in [5.41, 5.74) is 4.59. The van der Waals surface area contributed by atoms with Gasteiger partial charge in [0.05, 0.1) is 17.8 Å². The van der Waals surface area contributed by atoms with Gasteiger partial charge >= 0.3 is 0 Å². The molecule has 6 rings (SSSR count). The van der Waals surface area contributed by atoms with Gasteiger partial charge in [0.15, 0.2) is 5.65 Å². The minimum atomic E-state index is 0.0439. The Morgan fingerprint density at radius 3 is 2.67 bits per heavy atom. The van der Waals surface area contributed by atoms with E-state index in [1.807, 2.05) is 22.8 Å². The number of nitrogens with one attached hydrogen (secondary N) is 1. The number of aromatic nitrogens is 3. The molecule has 1 N–H and O–H groups in total. The maximum Gasteiger partial charge on any atom is 0.229 e. The molecule has 0 radical (unpaired) electrons. The Bertz CT molecular complexity index is 1240. The molecular weight excluding hydrogens is 452 g/mol. The molecule has 2 saturated heterocycles. The fourth-order valence-corrected chi connectivity index (χ4v) is 5.84. The molecule has 0 unspecified atom stereocenters. The summed E-state index contributed by atoms with van der Waals surface area (Å²) in [6.45, 7) is 9.32. The monoisotopic (exact) mass is 488 g/mol. The molecule has 1 amide bonds. The molecule has 8 nitrogen and oxygen atoms in total. The van der Waals surface area contributed by atoms with Crippen LogP contribution in [-0.4, -0.2) is 70.8 Å². The number of ether oxygens (including phenoxy) is 1. The van der Waals surface area contributed by atoms with E-state index >= 15 is 0 Å². The summed E-state index contributed by atoms with van der Waals surface area (Å²) in [6, 6.07) is 10.3. The van der Waals surface area contributed by atoms with Crippen molar-refractivity contribution in [3.05, 3.63) is 53.3 Å². The minimum Gasteiger partial charge on any atom is -0.490 e. The third kappa shape index (κ3) is 4.32. The molecule has 0 saturated carbocycles. The molecule has 1 aromatic carbocycles. The van der Waals surface area contributed by atoms with E-state index in [1.165, 1.54) is 16.8 Å². The highest BCUT2D eigenvalue weighted by Gasteiger charge is 2.39. The van der Waals surface area contributed by atoms with Crippen LogP contribution < -0.4 is 15.0 Å². The summed E-state index contributed by atoms with van der Waals surface area (Å²) in [7, 11) is 0. The highest BCUT2D eigenvalue weighted by Crippen LogP contribution is 2.33. The van der Waals surface area contributed by atoms with Crippen LogP contribution in [0.2, 0.25) is 0 Å². The molecule has 2 fully saturated rings. The van der Waals surface area contributed by atoms with Crippen molar-refractivity contribution in [2.24, 2.45) is 5.92 Å². The van der Waals surface area contributed by atoms with Crippen LogP contribution in [0.5, 0.6) is 5.75 Å². The largest absolute Gasteiger partial charge is 0.490 e. The van der Waals surface area contributed by atoms with Gasteiger partial charge in [0.25, 0.3) is 0 Å². The van der Waals surface area contributed by atoms with E-state index in [9.17, 15) is 4.79 Å². The molecule has 3 aliphatic rings. The first-order valence-corrected chi connectivity index (χ1v) is 13.4. The second-order valence-electron chi connectivity index (χ2n) is 10.6. The third-order valence-corrected chi connectivity index (χ3v) is 7.90. The first kappa shape index (κ1) is 23.3. The van der Waals surface area contributed by atoms with Crippen LogP contribution in [-0.2, 0) is 17.6 Å². The highest BCUT2D eigenvalue weighted by molar-refractivity contribution is 5.82. The normalized spacial score (nSPS) is 19.3. The van der Waals surface area contributed by atoms with Crippen molar-refractivity contribution in [1.29, 1.82) is 0 Å². The van der Waals surface area contributed by atoms with Crippen molar-refractivity contribution < 1.29 is 9.53 Å². The number of amides is 1. The second kappa shape index (κ2) is 9.73. The van der Waals surface area contributed by atoms with E-state index in [-0.39, 0.29) is 17.9 Å². The Morgan fingerprint density at radius 1 is 1.08 bits per heavy atom. The van der Waals surface area contributed by atoms with Gasteiger partial charge in [-0.15, -0.1) is 0 Å². The first-order valence-electron chi connectivity index (χ1n) is 13.4. The Balaban J connectivity index is 1.08. The lowest BCUT2D eigenvalue weighted by Crippen LogP contribution is -2.57. The second-order valence-corrected chi connectivity index (χ2v) is 10.6. The predicted octanol–water partition coefficient (Wildman–Crippen LogP) is 3.05. The summed E-state index contributed by atoms with van der Waals surface area (Å²) in [6.07, 6.45) is 5.62. The molecule has 36 heavy (non-hydrogen) atoms. The Labute approximate surface area is 212 Å². The van der Waals surface area contributed by atoms with Gasteiger partial charge in [-0.2, -0.15) is 9.61 Å². The number of carbonyl (C=O) groups is 1. The van der Waals surface area contributed by atoms with E-state index in [0.717, 1.165) is 82.2 Å². The zero-order valence-corrected chi connectivity index (χ0v) is 21.3. The quantitative estimate of drug-likeness (QED) is 0.595. The SMILES string of the molecule is CC(C)c1ccccc1OC1CCN(C(=O)C2CN(c3c4c(nc5ccnn35)CCNCC4)C2)CC1. The zero-order valence-electron chi connectivity index (χ0n) is 21.3. The number of para-hydroxylation sites is 1. The number of benzene rings is 1. The smallest absolute Gasteiger partial charge is 0.229 e. The summed E-state index contributed by atoms with van der Waals surface area (Å²) in [5, 5.41) is 8.04. The molecule has 0 aliphatic carbocycles. The Morgan fingerprint density at radius 2 is 1.86 bits per heavy atom. The fraction of sp³-hybridized carbons (Fsp3) is 0.536. The summed E-state index contributed by atoms with van der Waals surface area (Å²) >= 11 is 0. The molecule has 5 heterocycles. The fourth-order valence-electron chi connectivity index (χ4n) is 5.84. The van der Waals surface area contributed by atoms with Gasteiger partial charge in [-0.1, -0.05) is 32.0 Å². The molecule has 0 bridgehead atoms. The van der Waals surface area contributed by atoms with Gasteiger partial charge in [0, 0.05) is 63.6 Å². The van der Waals surface area contributed by atoms with Crippen LogP contribution in [0.15, 0.2) is 36.5 Å². The summed E-state index contributed by atoms with van der Waals surface area (Å²) < 4.78 is 8.34. The van der Waals surface area contributed by atoms with Crippen LogP contribution in [0.3, 0.4) is 0 Å². The van der Waals surface area contributed by atoms with Crippen molar-refractivity contribution in [1.82, 2.24) is 24.8 Å². The van der Waals surface area contributed by atoms with E-state index in [0.29, 0.717) is 5.92 Å². The van der Waals surface area contributed by atoms with Crippen LogP contribution in [0.25, 0.3) is 5.65 Å². The van der Waals surface area contributed by atoms with Crippen LogP contribution in [0.4, 0.5) is 5.82 Å². The van der Waals surface area contributed by atoms with Crippen LogP contribution in [0.1, 0.15) is 49.4 Å². The van der Waals surface area contributed by atoms with E-state index in [4.69, 9.17) is 9.72 Å².